The summed E-state index contributed by atoms with van der Waals surface area (Å²) in [6.45, 7) is 5.20. The van der Waals surface area contributed by atoms with E-state index in [1.165, 1.54) is 0 Å². The number of rotatable bonds is 3. The maximum absolute atomic E-state index is 10.8. The molecule has 4 heteroatoms. The number of nitrogens with two attached hydrogens (primary N) is 1. The molecule has 0 spiro atoms. The summed E-state index contributed by atoms with van der Waals surface area (Å²) in [7, 11) is 0. The summed E-state index contributed by atoms with van der Waals surface area (Å²) in [5.74, 6) is 0.113. The van der Waals surface area contributed by atoms with Crippen molar-refractivity contribution in [3.8, 4) is 0 Å². The van der Waals surface area contributed by atoms with Crippen molar-refractivity contribution < 1.29 is 4.79 Å². The number of nitrogens with one attached hydrogen (secondary N) is 1. The second-order valence-electron chi connectivity index (χ2n) is 2.06. The van der Waals surface area contributed by atoms with E-state index >= 15 is 0 Å². The molecule has 0 aromatic carbocycles. The first kappa shape index (κ1) is 9.52. The highest BCUT2D eigenvalue weighted by Gasteiger charge is 2.09. The highest BCUT2D eigenvalue weighted by Crippen LogP contribution is 1.86. The van der Waals surface area contributed by atoms with Gasteiger partial charge in [0.1, 0.15) is 0 Å². The van der Waals surface area contributed by atoms with Crippen LogP contribution in [0.15, 0.2) is 12.3 Å². The van der Waals surface area contributed by atoms with Gasteiger partial charge in [-0.25, -0.2) is 0 Å². The fraction of sp³-hybridized carbons (Fsp3) is 0.500. The van der Waals surface area contributed by atoms with E-state index < -0.39 is 6.04 Å². The zero-order chi connectivity index (χ0) is 8.15. The third-order valence-electron chi connectivity index (χ3n) is 0.870. The monoisotopic (exact) mass is 160 g/mol. The molecule has 0 aromatic rings. The molecular formula is C6H12N2OS. The summed E-state index contributed by atoms with van der Waals surface area (Å²) in [5, 5.41) is 2.49. The van der Waals surface area contributed by atoms with Crippen LogP contribution < -0.4 is 11.1 Å². The molecule has 10 heavy (non-hydrogen) atoms. The summed E-state index contributed by atoms with van der Waals surface area (Å²) in [4.78, 5) is 10.8. The minimum absolute atomic E-state index is 0.234. The molecule has 0 fully saturated rings. The van der Waals surface area contributed by atoms with Gasteiger partial charge in [0.2, 0.25) is 5.91 Å². The Hall–Kier alpha value is -0.480. The third kappa shape index (κ3) is 3.53. The minimum atomic E-state index is -0.542. The number of carbonyl (C=O) groups is 1. The van der Waals surface area contributed by atoms with Crippen molar-refractivity contribution in [2.75, 3.05) is 5.75 Å². The van der Waals surface area contributed by atoms with Gasteiger partial charge in [-0.2, -0.15) is 12.6 Å². The van der Waals surface area contributed by atoms with Gasteiger partial charge < -0.3 is 11.1 Å². The van der Waals surface area contributed by atoms with Gasteiger partial charge in [-0.15, -0.1) is 0 Å². The quantitative estimate of drug-likeness (QED) is 0.505. The minimum Gasteiger partial charge on any atom is -0.329 e. The van der Waals surface area contributed by atoms with Crippen molar-refractivity contribution >= 4 is 18.5 Å². The highest BCUT2D eigenvalue weighted by atomic mass is 32.1. The number of hydrogen-bond donors (Lipinski definition) is 3. The molecule has 0 aromatic heterocycles. The first-order valence-electron chi connectivity index (χ1n) is 2.90. The third-order valence-corrected chi connectivity index (χ3v) is 1.26. The molecule has 58 valence electrons. The average molecular weight is 160 g/mol. The van der Waals surface area contributed by atoms with Crippen molar-refractivity contribution in [2.45, 2.75) is 13.0 Å². The van der Waals surface area contributed by atoms with Gasteiger partial charge in [-0.3, -0.25) is 4.79 Å². The SMILES string of the molecule is C=C(C)NC(=O)C(N)CS. The molecule has 0 saturated carbocycles. The number of allylic oxidation sites excluding steroid dienone is 1. The highest BCUT2D eigenvalue weighted by molar-refractivity contribution is 7.80. The Balaban J connectivity index is 3.73. The van der Waals surface area contributed by atoms with Gasteiger partial charge >= 0.3 is 0 Å². The summed E-state index contributed by atoms with van der Waals surface area (Å²) in [6.07, 6.45) is 0. The zero-order valence-corrected chi connectivity index (χ0v) is 6.82. The van der Waals surface area contributed by atoms with Gasteiger partial charge in [0.15, 0.2) is 0 Å². The fourth-order valence-corrected chi connectivity index (χ4v) is 0.552. The molecule has 0 heterocycles. The smallest absolute Gasteiger partial charge is 0.241 e. The molecule has 1 amide bonds. The van der Waals surface area contributed by atoms with E-state index in [0.29, 0.717) is 11.4 Å². The largest absolute Gasteiger partial charge is 0.329 e. The van der Waals surface area contributed by atoms with Crippen LogP contribution in [0.4, 0.5) is 0 Å². The first-order valence-corrected chi connectivity index (χ1v) is 3.54. The Morgan fingerprint density at radius 3 is 2.70 bits per heavy atom. The lowest BCUT2D eigenvalue weighted by Crippen LogP contribution is -2.40. The predicted molar refractivity (Wildman–Crippen MR) is 44.8 cm³/mol. The summed E-state index contributed by atoms with van der Waals surface area (Å²) in [6, 6.07) is -0.542. The standard InChI is InChI=1S/C6H12N2OS/c1-4(2)8-6(9)5(7)3-10/h5,10H,1,3,7H2,2H3,(H,8,9). The first-order chi connectivity index (χ1) is 4.57. The molecule has 3 nitrogen and oxygen atoms in total. The van der Waals surface area contributed by atoms with Crippen LogP contribution in [0, 0.1) is 0 Å². The van der Waals surface area contributed by atoms with Gasteiger partial charge in [0.25, 0.3) is 0 Å². The van der Waals surface area contributed by atoms with Crippen molar-refractivity contribution in [3.05, 3.63) is 12.3 Å². The summed E-state index contributed by atoms with van der Waals surface area (Å²) >= 11 is 3.86. The normalized spacial score (nSPS) is 12.3. The van der Waals surface area contributed by atoms with Gasteiger partial charge in [0, 0.05) is 11.4 Å². The van der Waals surface area contributed by atoms with Crippen LogP contribution in [0.25, 0.3) is 0 Å². The van der Waals surface area contributed by atoms with E-state index in [4.69, 9.17) is 5.73 Å². The Kier molecular flexibility index (Phi) is 4.14. The predicted octanol–water partition coefficient (Wildman–Crippen LogP) is -0.107. The van der Waals surface area contributed by atoms with Crippen molar-refractivity contribution in [1.29, 1.82) is 0 Å². The van der Waals surface area contributed by atoms with E-state index in [1.54, 1.807) is 6.92 Å². The lowest BCUT2D eigenvalue weighted by atomic mass is 10.3. The molecule has 0 rings (SSSR count). The molecule has 1 unspecified atom stereocenters. The molecular weight excluding hydrogens is 148 g/mol. The van der Waals surface area contributed by atoms with Crippen molar-refractivity contribution in [1.82, 2.24) is 5.32 Å². The van der Waals surface area contributed by atoms with Crippen LogP contribution in [0.1, 0.15) is 6.92 Å². The van der Waals surface area contributed by atoms with Gasteiger partial charge in [-0.05, 0) is 6.92 Å². The molecule has 1 atom stereocenters. The lowest BCUT2D eigenvalue weighted by Gasteiger charge is -2.07. The second kappa shape index (κ2) is 4.35. The van der Waals surface area contributed by atoms with Gasteiger partial charge in [-0.1, -0.05) is 6.58 Å². The fourth-order valence-electron chi connectivity index (χ4n) is 0.386. The molecule has 0 aliphatic rings. The number of amides is 1. The van der Waals surface area contributed by atoms with Crippen LogP contribution in [0.2, 0.25) is 0 Å². The van der Waals surface area contributed by atoms with Crippen LogP contribution in [-0.2, 0) is 4.79 Å². The van der Waals surface area contributed by atoms with Crippen LogP contribution in [0.3, 0.4) is 0 Å². The number of thiol groups is 1. The van der Waals surface area contributed by atoms with Gasteiger partial charge in [0.05, 0.1) is 6.04 Å². The van der Waals surface area contributed by atoms with Crippen molar-refractivity contribution in [3.63, 3.8) is 0 Å². The maximum atomic E-state index is 10.8. The van der Waals surface area contributed by atoms with E-state index in [1.807, 2.05) is 0 Å². The number of carbonyl (C=O) groups excluding carboxylic acids is 1. The lowest BCUT2D eigenvalue weighted by molar-refractivity contribution is -0.121. The van der Waals surface area contributed by atoms with Crippen LogP contribution in [0.5, 0.6) is 0 Å². The molecule has 0 aliphatic carbocycles. The van der Waals surface area contributed by atoms with Crippen LogP contribution >= 0.6 is 12.6 Å². The molecule has 0 aliphatic heterocycles. The molecule has 0 bridgehead atoms. The zero-order valence-electron chi connectivity index (χ0n) is 5.92. The van der Waals surface area contributed by atoms with E-state index in [9.17, 15) is 4.79 Å². The van der Waals surface area contributed by atoms with E-state index in [-0.39, 0.29) is 5.91 Å². The topological polar surface area (TPSA) is 55.1 Å². The Labute approximate surface area is 66.1 Å². The van der Waals surface area contributed by atoms with E-state index in [2.05, 4.69) is 24.5 Å². The Morgan fingerprint density at radius 2 is 2.40 bits per heavy atom. The summed E-state index contributed by atoms with van der Waals surface area (Å²) in [5.41, 5.74) is 5.93. The Morgan fingerprint density at radius 1 is 1.90 bits per heavy atom. The molecule has 0 radical (unpaired) electrons. The second-order valence-corrected chi connectivity index (χ2v) is 2.42. The Bertz CT molecular complexity index is 147. The number of hydrogen-bond acceptors (Lipinski definition) is 3. The van der Waals surface area contributed by atoms with E-state index in [0.717, 1.165) is 0 Å². The summed E-state index contributed by atoms with van der Waals surface area (Å²) < 4.78 is 0. The average Bonchev–Trinajstić information content (AvgIpc) is 1.85. The van der Waals surface area contributed by atoms with Crippen LogP contribution in [-0.4, -0.2) is 17.7 Å². The molecule has 0 saturated heterocycles. The maximum Gasteiger partial charge on any atom is 0.241 e. The van der Waals surface area contributed by atoms with Crippen molar-refractivity contribution in [2.24, 2.45) is 5.73 Å². The molecule has 3 N–H and O–H groups in total.